The lowest BCUT2D eigenvalue weighted by atomic mass is 10.1. The Bertz CT molecular complexity index is 710. The summed E-state index contributed by atoms with van der Waals surface area (Å²) in [7, 11) is -3.43. The highest BCUT2D eigenvalue weighted by Crippen LogP contribution is 2.37. The Morgan fingerprint density at radius 1 is 1.19 bits per heavy atom. The fourth-order valence-electron chi connectivity index (χ4n) is 2.76. The second kappa shape index (κ2) is 5.88. The lowest BCUT2D eigenvalue weighted by molar-refractivity contribution is 0.398. The molecule has 21 heavy (non-hydrogen) atoms. The number of nitrogens with zero attached hydrogens (tertiary/aromatic N) is 1. The third-order valence-electron chi connectivity index (χ3n) is 3.79. The van der Waals surface area contributed by atoms with Crippen LogP contribution in [0, 0.1) is 0 Å². The van der Waals surface area contributed by atoms with E-state index in [0.717, 1.165) is 23.3 Å². The van der Waals surface area contributed by atoms with Crippen LogP contribution in [0.3, 0.4) is 0 Å². The van der Waals surface area contributed by atoms with E-state index in [4.69, 9.17) is 5.73 Å². The lowest BCUT2D eigenvalue weighted by Crippen LogP contribution is -2.30. The van der Waals surface area contributed by atoms with Crippen molar-refractivity contribution in [3.63, 3.8) is 0 Å². The van der Waals surface area contributed by atoms with E-state index in [2.05, 4.69) is 0 Å². The van der Waals surface area contributed by atoms with E-state index in [9.17, 15) is 8.42 Å². The summed E-state index contributed by atoms with van der Waals surface area (Å²) in [6.45, 7) is 0.958. The maximum atomic E-state index is 12.8. The van der Waals surface area contributed by atoms with E-state index in [1.807, 2.05) is 30.3 Å². The summed E-state index contributed by atoms with van der Waals surface area (Å²) in [4.78, 5) is 0.893. The third kappa shape index (κ3) is 2.76. The Morgan fingerprint density at radius 3 is 2.62 bits per heavy atom. The van der Waals surface area contributed by atoms with E-state index in [1.54, 1.807) is 16.4 Å². The van der Waals surface area contributed by atoms with Crippen LogP contribution < -0.4 is 5.73 Å². The SMILES string of the molecule is NCc1ccc(S(=O)(=O)N2CCCC2c2ccccc2)s1. The zero-order valence-corrected chi connectivity index (χ0v) is 13.2. The van der Waals surface area contributed by atoms with E-state index < -0.39 is 10.0 Å². The largest absolute Gasteiger partial charge is 0.326 e. The maximum Gasteiger partial charge on any atom is 0.253 e. The Kier molecular flexibility index (Phi) is 4.12. The molecule has 1 fully saturated rings. The van der Waals surface area contributed by atoms with Gasteiger partial charge >= 0.3 is 0 Å². The fourth-order valence-corrected chi connectivity index (χ4v) is 5.80. The third-order valence-corrected chi connectivity index (χ3v) is 7.27. The zero-order chi connectivity index (χ0) is 14.9. The summed E-state index contributed by atoms with van der Waals surface area (Å²) < 4.78 is 27.7. The smallest absolute Gasteiger partial charge is 0.253 e. The van der Waals surface area contributed by atoms with E-state index in [1.165, 1.54) is 11.3 Å². The summed E-state index contributed by atoms with van der Waals surface area (Å²) in [5.74, 6) is 0. The molecule has 0 radical (unpaired) electrons. The Morgan fingerprint density at radius 2 is 1.95 bits per heavy atom. The highest BCUT2D eigenvalue weighted by Gasteiger charge is 2.36. The van der Waals surface area contributed by atoms with Crippen molar-refractivity contribution in [1.82, 2.24) is 4.31 Å². The first kappa shape index (κ1) is 14.7. The molecule has 1 saturated heterocycles. The molecule has 1 atom stereocenters. The van der Waals surface area contributed by atoms with Crippen molar-refractivity contribution in [3.05, 3.63) is 52.9 Å². The van der Waals surface area contributed by atoms with Crippen LogP contribution in [-0.4, -0.2) is 19.3 Å². The van der Waals surface area contributed by atoms with Gasteiger partial charge in [-0.25, -0.2) is 8.42 Å². The van der Waals surface area contributed by atoms with Crippen LogP contribution in [0.5, 0.6) is 0 Å². The first-order valence-electron chi connectivity index (χ1n) is 6.98. The first-order chi connectivity index (χ1) is 10.1. The molecular formula is C15H18N2O2S2. The summed E-state index contributed by atoms with van der Waals surface area (Å²) in [6.07, 6.45) is 1.77. The number of thiophene rings is 1. The molecule has 0 saturated carbocycles. The predicted molar refractivity (Wildman–Crippen MR) is 84.5 cm³/mol. The molecule has 0 bridgehead atoms. The monoisotopic (exact) mass is 322 g/mol. The van der Waals surface area contributed by atoms with E-state index in [-0.39, 0.29) is 6.04 Å². The molecule has 112 valence electrons. The van der Waals surface area contributed by atoms with Crippen molar-refractivity contribution in [2.75, 3.05) is 6.54 Å². The van der Waals surface area contributed by atoms with Gasteiger partial charge in [0.2, 0.25) is 0 Å². The van der Waals surface area contributed by atoms with Crippen LogP contribution in [0.15, 0.2) is 46.7 Å². The first-order valence-corrected chi connectivity index (χ1v) is 9.24. The van der Waals surface area contributed by atoms with Gasteiger partial charge in [0.25, 0.3) is 10.0 Å². The van der Waals surface area contributed by atoms with Gasteiger partial charge in [-0.05, 0) is 30.5 Å². The van der Waals surface area contributed by atoms with Crippen LogP contribution in [0.1, 0.15) is 29.3 Å². The van der Waals surface area contributed by atoms with Gasteiger partial charge in [0.05, 0.1) is 6.04 Å². The highest BCUT2D eigenvalue weighted by molar-refractivity contribution is 7.91. The number of nitrogens with two attached hydrogens (primary N) is 1. The molecule has 0 amide bonds. The summed E-state index contributed by atoms with van der Waals surface area (Å²) >= 11 is 1.27. The zero-order valence-electron chi connectivity index (χ0n) is 11.6. The van der Waals surface area contributed by atoms with Gasteiger partial charge in [0.15, 0.2) is 0 Å². The Hall–Kier alpha value is -1.21. The van der Waals surface area contributed by atoms with Crippen molar-refractivity contribution in [1.29, 1.82) is 0 Å². The quantitative estimate of drug-likeness (QED) is 0.941. The summed E-state index contributed by atoms with van der Waals surface area (Å²) in [5.41, 5.74) is 6.64. The molecule has 1 unspecified atom stereocenters. The molecule has 1 aliphatic heterocycles. The van der Waals surface area contributed by atoms with Gasteiger partial charge in [-0.15, -0.1) is 11.3 Å². The van der Waals surface area contributed by atoms with E-state index in [0.29, 0.717) is 17.3 Å². The average molecular weight is 322 g/mol. The molecule has 0 aliphatic carbocycles. The minimum absolute atomic E-state index is 0.0559. The van der Waals surface area contributed by atoms with Crippen molar-refractivity contribution >= 4 is 21.4 Å². The number of hydrogen-bond acceptors (Lipinski definition) is 4. The summed E-state index contributed by atoms with van der Waals surface area (Å²) in [5, 5.41) is 0. The molecule has 1 aromatic heterocycles. The van der Waals surface area contributed by atoms with Gasteiger partial charge < -0.3 is 5.73 Å². The predicted octanol–water partition coefficient (Wildman–Crippen LogP) is 2.73. The lowest BCUT2D eigenvalue weighted by Gasteiger charge is -2.23. The van der Waals surface area contributed by atoms with Crippen LogP contribution in [0.25, 0.3) is 0 Å². The van der Waals surface area contributed by atoms with Gasteiger partial charge in [-0.1, -0.05) is 30.3 Å². The average Bonchev–Trinajstić information content (AvgIpc) is 3.17. The minimum Gasteiger partial charge on any atom is -0.326 e. The molecule has 0 spiro atoms. The van der Waals surface area contributed by atoms with Gasteiger partial charge in [-0.2, -0.15) is 4.31 Å². The molecule has 2 heterocycles. The molecule has 3 rings (SSSR count). The molecule has 6 heteroatoms. The van der Waals surface area contributed by atoms with Gasteiger partial charge in [0.1, 0.15) is 4.21 Å². The normalized spacial score (nSPS) is 20.0. The number of rotatable bonds is 4. The topological polar surface area (TPSA) is 63.4 Å². The molecule has 1 aliphatic rings. The molecule has 1 aromatic carbocycles. The van der Waals surface area contributed by atoms with Crippen molar-refractivity contribution in [3.8, 4) is 0 Å². The van der Waals surface area contributed by atoms with Crippen molar-refractivity contribution < 1.29 is 8.42 Å². The summed E-state index contributed by atoms with van der Waals surface area (Å²) in [6, 6.07) is 13.3. The molecule has 2 aromatic rings. The van der Waals surface area contributed by atoms with E-state index >= 15 is 0 Å². The standard InChI is InChI=1S/C15H18N2O2S2/c16-11-13-8-9-15(20-13)21(18,19)17-10-4-7-14(17)12-5-2-1-3-6-12/h1-3,5-6,8-9,14H,4,7,10-11,16H2. The van der Waals surface area contributed by atoms with Gasteiger partial charge in [-0.3, -0.25) is 0 Å². The molecule has 2 N–H and O–H groups in total. The fraction of sp³-hybridized carbons (Fsp3) is 0.333. The maximum absolute atomic E-state index is 12.8. The Balaban J connectivity index is 1.94. The number of sulfonamides is 1. The minimum atomic E-state index is -3.43. The number of hydrogen-bond donors (Lipinski definition) is 1. The second-order valence-corrected chi connectivity index (χ2v) is 8.40. The molecule has 4 nitrogen and oxygen atoms in total. The van der Waals surface area contributed by atoms with Crippen LogP contribution in [-0.2, 0) is 16.6 Å². The molecular weight excluding hydrogens is 304 g/mol. The highest BCUT2D eigenvalue weighted by atomic mass is 32.2. The second-order valence-electron chi connectivity index (χ2n) is 5.11. The van der Waals surface area contributed by atoms with Crippen molar-refractivity contribution in [2.24, 2.45) is 5.73 Å². The van der Waals surface area contributed by atoms with Crippen molar-refractivity contribution in [2.45, 2.75) is 29.6 Å². The van der Waals surface area contributed by atoms with Gasteiger partial charge in [0, 0.05) is 18.0 Å². The van der Waals surface area contributed by atoms with Crippen LogP contribution >= 0.6 is 11.3 Å². The van der Waals surface area contributed by atoms with Crippen LogP contribution in [0.4, 0.5) is 0 Å². The number of benzene rings is 1. The van der Waals surface area contributed by atoms with Crippen LogP contribution in [0.2, 0.25) is 0 Å². The Labute approximate surface area is 129 Å².